The van der Waals surface area contributed by atoms with E-state index in [4.69, 9.17) is 10.8 Å². The van der Waals surface area contributed by atoms with E-state index >= 15 is 0 Å². The number of rotatable bonds is 1. The lowest BCUT2D eigenvalue weighted by Gasteiger charge is -2.22. The number of hydrogen-bond donors (Lipinski definition) is 3. The Labute approximate surface area is 138 Å². The van der Waals surface area contributed by atoms with E-state index in [-0.39, 0.29) is 16.8 Å². The van der Waals surface area contributed by atoms with Gasteiger partial charge in [-0.2, -0.15) is 0 Å². The van der Waals surface area contributed by atoms with Crippen molar-refractivity contribution < 1.29 is 9.90 Å². The van der Waals surface area contributed by atoms with Crippen LogP contribution < -0.4 is 11.3 Å². The van der Waals surface area contributed by atoms with Gasteiger partial charge < -0.3 is 15.8 Å². The summed E-state index contributed by atoms with van der Waals surface area (Å²) in [5, 5.41) is 9.37. The summed E-state index contributed by atoms with van der Waals surface area (Å²) in [6.45, 7) is 8.44. The van der Waals surface area contributed by atoms with Crippen LogP contribution in [0.5, 0.6) is 0 Å². The van der Waals surface area contributed by atoms with Gasteiger partial charge in [-0.25, -0.2) is 9.78 Å². The lowest BCUT2D eigenvalue weighted by Crippen LogP contribution is -2.31. The number of carboxylic acids is 1. The van der Waals surface area contributed by atoms with Crippen molar-refractivity contribution in [2.75, 3.05) is 0 Å². The molecule has 0 aromatic carbocycles. The van der Waals surface area contributed by atoms with E-state index in [2.05, 4.69) is 30.7 Å². The van der Waals surface area contributed by atoms with E-state index in [0.29, 0.717) is 16.3 Å². The van der Waals surface area contributed by atoms with Crippen molar-refractivity contribution in [3.8, 4) is 0 Å². The van der Waals surface area contributed by atoms with E-state index < -0.39 is 5.97 Å². The average molecular weight is 337 g/mol. The molecule has 23 heavy (non-hydrogen) atoms. The van der Waals surface area contributed by atoms with Crippen molar-refractivity contribution in [1.82, 2.24) is 9.97 Å². The topological polar surface area (TPSA) is 109 Å². The molecule has 0 saturated heterocycles. The van der Waals surface area contributed by atoms with Gasteiger partial charge in [0.15, 0.2) is 0 Å². The molecule has 0 aliphatic heterocycles. The lowest BCUT2D eigenvalue weighted by atomic mass is 9.89. The highest BCUT2D eigenvalue weighted by molar-refractivity contribution is 7.18. The first-order valence-electron chi connectivity index (χ1n) is 7.64. The summed E-state index contributed by atoms with van der Waals surface area (Å²) in [6, 6.07) is 0.299. The number of aromatic amines is 1. The molecule has 0 radical (unpaired) electrons. The van der Waals surface area contributed by atoms with Gasteiger partial charge in [0.05, 0.1) is 5.39 Å². The first kappa shape index (κ1) is 17.6. The van der Waals surface area contributed by atoms with Gasteiger partial charge in [0.2, 0.25) is 5.82 Å². The van der Waals surface area contributed by atoms with Crippen molar-refractivity contribution in [2.24, 2.45) is 11.1 Å². The number of nitrogens with zero attached hydrogens (tertiary/aromatic N) is 1. The zero-order valence-electron chi connectivity index (χ0n) is 13.9. The van der Waals surface area contributed by atoms with E-state index in [0.717, 1.165) is 24.8 Å². The maximum Gasteiger partial charge on any atom is 0.372 e. The Kier molecular flexibility index (Phi) is 4.91. The van der Waals surface area contributed by atoms with Crippen LogP contribution in [0.4, 0.5) is 0 Å². The number of aromatic nitrogens is 2. The molecule has 0 bridgehead atoms. The highest BCUT2D eigenvalue weighted by Crippen LogP contribution is 2.34. The summed E-state index contributed by atoms with van der Waals surface area (Å²) in [7, 11) is 0. The Balaban J connectivity index is 0.000000236. The second-order valence-corrected chi connectivity index (χ2v) is 8.00. The smallest absolute Gasteiger partial charge is 0.372 e. The first-order valence-corrected chi connectivity index (χ1v) is 8.46. The van der Waals surface area contributed by atoms with E-state index in [1.807, 2.05) is 6.92 Å². The molecule has 0 amide bonds. The third-order valence-electron chi connectivity index (χ3n) is 4.14. The number of hydrogen-bond acceptors (Lipinski definition) is 5. The lowest BCUT2D eigenvalue weighted by molar-refractivity contribution is 0.0683. The second kappa shape index (κ2) is 6.41. The minimum atomic E-state index is -1.20. The molecule has 2 aromatic heterocycles. The fraction of sp³-hybridized carbons (Fsp3) is 0.562. The number of H-pyrrole nitrogens is 1. The molecule has 0 saturated carbocycles. The normalized spacial score (nSPS) is 15.0. The van der Waals surface area contributed by atoms with Crippen LogP contribution in [0.3, 0.4) is 0 Å². The largest absolute Gasteiger partial charge is 0.475 e. The van der Waals surface area contributed by atoms with Crippen LogP contribution in [0.15, 0.2) is 4.79 Å². The summed E-state index contributed by atoms with van der Waals surface area (Å²) < 4.78 is 0. The monoisotopic (exact) mass is 337 g/mol. The van der Waals surface area contributed by atoms with E-state index in [9.17, 15) is 9.59 Å². The Morgan fingerprint density at radius 3 is 2.52 bits per heavy atom. The van der Waals surface area contributed by atoms with Gasteiger partial charge >= 0.3 is 5.97 Å². The van der Waals surface area contributed by atoms with E-state index in [1.54, 1.807) is 0 Å². The SMILES string of the molecule is C[C@@H](N)C(C)(C)C.O=C(O)c1nc2sc3c(c2c(=O)[nH]1)CCC3. The van der Waals surface area contributed by atoms with Gasteiger partial charge in [0.25, 0.3) is 5.56 Å². The van der Waals surface area contributed by atoms with Gasteiger partial charge in [0, 0.05) is 10.9 Å². The number of aryl methyl sites for hydroxylation is 2. The van der Waals surface area contributed by atoms with Crippen molar-refractivity contribution in [3.63, 3.8) is 0 Å². The Morgan fingerprint density at radius 1 is 1.39 bits per heavy atom. The molecule has 2 aromatic rings. The standard InChI is InChI=1S/C10H8N2O3S.C6H15N/c13-8-6-4-2-1-3-5(4)16-9(6)12-7(11-8)10(14)15;1-5(7)6(2,3)4/h1-3H2,(H,14,15)(H,11,12,13);5H,7H2,1-4H3/t;5-/m.1/s1. The summed E-state index contributed by atoms with van der Waals surface area (Å²) >= 11 is 1.44. The Bertz CT molecular complexity index is 784. The first-order chi connectivity index (χ1) is 10.6. The van der Waals surface area contributed by atoms with Crippen LogP contribution in [0.2, 0.25) is 0 Å². The Morgan fingerprint density at radius 2 is 2.00 bits per heavy atom. The number of nitrogens with one attached hydrogen (secondary N) is 1. The van der Waals surface area contributed by atoms with E-state index in [1.165, 1.54) is 16.2 Å². The average Bonchev–Trinajstić information content (AvgIpc) is 2.97. The van der Waals surface area contributed by atoms with Crippen LogP contribution >= 0.6 is 11.3 Å². The van der Waals surface area contributed by atoms with Crippen molar-refractivity contribution in [1.29, 1.82) is 0 Å². The second-order valence-electron chi connectivity index (χ2n) is 6.91. The van der Waals surface area contributed by atoms with Crippen LogP contribution in [0.25, 0.3) is 10.2 Å². The predicted molar refractivity (Wildman–Crippen MR) is 92.3 cm³/mol. The van der Waals surface area contributed by atoms with Gasteiger partial charge in [-0.15, -0.1) is 11.3 Å². The van der Waals surface area contributed by atoms with Gasteiger partial charge in [0.1, 0.15) is 4.83 Å². The molecule has 0 unspecified atom stereocenters. The zero-order valence-corrected chi connectivity index (χ0v) is 14.7. The molecule has 3 rings (SSSR count). The molecule has 1 aliphatic rings. The predicted octanol–water partition coefficient (Wildman–Crippen LogP) is 2.55. The number of fused-ring (bicyclic) bond motifs is 3. The molecule has 1 aliphatic carbocycles. The fourth-order valence-electron chi connectivity index (χ4n) is 2.10. The summed E-state index contributed by atoms with van der Waals surface area (Å²) in [6.07, 6.45) is 2.93. The zero-order chi connectivity index (χ0) is 17.4. The molecule has 4 N–H and O–H groups in total. The summed E-state index contributed by atoms with van der Waals surface area (Å²) in [5.74, 6) is -1.48. The third-order valence-corrected chi connectivity index (χ3v) is 5.33. The third kappa shape index (κ3) is 3.79. The van der Waals surface area contributed by atoms with Crippen LogP contribution in [0, 0.1) is 5.41 Å². The maximum absolute atomic E-state index is 11.8. The molecule has 126 valence electrons. The molecule has 1 atom stereocenters. The van der Waals surface area contributed by atoms with Crippen molar-refractivity contribution >= 4 is 27.5 Å². The van der Waals surface area contributed by atoms with Crippen LogP contribution in [-0.2, 0) is 12.8 Å². The van der Waals surface area contributed by atoms with Crippen molar-refractivity contribution in [3.05, 3.63) is 26.6 Å². The number of aromatic carboxylic acids is 1. The highest BCUT2D eigenvalue weighted by atomic mass is 32.1. The highest BCUT2D eigenvalue weighted by Gasteiger charge is 2.22. The minimum absolute atomic E-state index is 0.278. The molecular formula is C16H23N3O3S. The molecule has 6 nitrogen and oxygen atoms in total. The number of thiophene rings is 1. The number of carboxylic acid groups (broad SMARTS) is 1. The van der Waals surface area contributed by atoms with Gasteiger partial charge in [-0.05, 0) is 37.2 Å². The quantitative estimate of drug-likeness (QED) is 0.741. The van der Waals surface area contributed by atoms with Gasteiger partial charge in [-0.1, -0.05) is 20.8 Å². The number of nitrogens with two attached hydrogens (primary N) is 1. The van der Waals surface area contributed by atoms with Crippen LogP contribution in [-0.4, -0.2) is 27.1 Å². The Hall–Kier alpha value is -1.73. The molecule has 0 fully saturated rings. The minimum Gasteiger partial charge on any atom is -0.475 e. The molecule has 0 spiro atoms. The fourth-order valence-corrected chi connectivity index (χ4v) is 3.37. The maximum atomic E-state index is 11.8. The molecule has 7 heteroatoms. The summed E-state index contributed by atoms with van der Waals surface area (Å²) in [5.41, 5.74) is 6.58. The summed E-state index contributed by atoms with van der Waals surface area (Å²) in [4.78, 5) is 30.5. The van der Waals surface area contributed by atoms with Gasteiger partial charge in [-0.3, -0.25) is 4.79 Å². The van der Waals surface area contributed by atoms with Crippen molar-refractivity contribution in [2.45, 2.75) is 53.0 Å². The van der Waals surface area contributed by atoms with Crippen LogP contribution in [0.1, 0.15) is 55.2 Å². The molecule has 2 heterocycles. The molecular weight excluding hydrogens is 314 g/mol. The number of carbonyl (C=O) groups is 1.